The van der Waals surface area contributed by atoms with Crippen molar-refractivity contribution in [3.63, 3.8) is 0 Å². The van der Waals surface area contributed by atoms with Gasteiger partial charge in [0.15, 0.2) is 11.5 Å². The average molecular weight is 328 g/mol. The first-order valence-electron chi connectivity index (χ1n) is 8.22. The van der Waals surface area contributed by atoms with E-state index in [9.17, 15) is 4.79 Å². The molecule has 2 aromatic rings. The molecule has 0 bridgehead atoms. The zero-order valence-electron chi connectivity index (χ0n) is 14.7. The van der Waals surface area contributed by atoms with E-state index in [-0.39, 0.29) is 5.91 Å². The molecule has 1 fully saturated rings. The highest BCUT2D eigenvalue weighted by Crippen LogP contribution is 2.38. The molecular formula is C19H24N2O3. The summed E-state index contributed by atoms with van der Waals surface area (Å²) in [5.41, 5.74) is 3.95. The summed E-state index contributed by atoms with van der Waals surface area (Å²) in [7, 11) is 3.21. The molecule has 0 spiro atoms. The predicted molar refractivity (Wildman–Crippen MR) is 92.9 cm³/mol. The molecule has 1 heterocycles. The zero-order valence-corrected chi connectivity index (χ0v) is 14.7. The summed E-state index contributed by atoms with van der Waals surface area (Å²) in [5, 5.41) is 3.00. The Morgan fingerprint density at radius 1 is 1.17 bits per heavy atom. The van der Waals surface area contributed by atoms with Crippen molar-refractivity contribution in [1.29, 1.82) is 0 Å². The largest absolute Gasteiger partial charge is 0.493 e. The smallest absolute Gasteiger partial charge is 0.253 e. The quantitative estimate of drug-likeness (QED) is 0.884. The summed E-state index contributed by atoms with van der Waals surface area (Å²) in [6.45, 7) is 4.54. The maximum Gasteiger partial charge on any atom is 0.253 e. The molecule has 5 nitrogen and oxygen atoms in total. The molecule has 128 valence electrons. The van der Waals surface area contributed by atoms with Gasteiger partial charge in [-0.2, -0.15) is 0 Å². The summed E-state index contributed by atoms with van der Waals surface area (Å²) in [6.07, 6.45) is 2.42. The van der Waals surface area contributed by atoms with Gasteiger partial charge in [-0.15, -0.1) is 0 Å². The molecule has 1 amide bonds. The van der Waals surface area contributed by atoms with Crippen LogP contribution in [0.4, 0.5) is 0 Å². The Hall–Kier alpha value is -2.43. The fourth-order valence-electron chi connectivity index (χ4n) is 3.17. The first-order chi connectivity index (χ1) is 11.5. The molecule has 5 heteroatoms. The van der Waals surface area contributed by atoms with E-state index in [2.05, 4.69) is 16.8 Å². The number of amides is 1. The number of ether oxygens (including phenoxy) is 2. The van der Waals surface area contributed by atoms with E-state index in [0.717, 1.165) is 22.5 Å². The average Bonchev–Trinajstić information content (AvgIpc) is 3.37. The summed E-state index contributed by atoms with van der Waals surface area (Å²) in [4.78, 5) is 12.5. The maximum atomic E-state index is 12.5. The van der Waals surface area contributed by atoms with Crippen molar-refractivity contribution in [2.75, 3.05) is 14.2 Å². The van der Waals surface area contributed by atoms with Crippen LogP contribution in [0.25, 0.3) is 0 Å². The molecule has 1 saturated carbocycles. The summed E-state index contributed by atoms with van der Waals surface area (Å²) in [5.74, 6) is 1.31. The minimum absolute atomic E-state index is 0.0372. The van der Waals surface area contributed by atoms with E-state index >= 15 is 0 Å². The standard InChI is InChI=1S/C19H24N2O3/c1-12-9-16(13(2)21(12)15-6-7-15)19(22)20-11-14-5-8-17(23-3)18(10-14)24-4/h5,8-10,15H,6-7,11H2,1-4H3,(H,20,22). The van der Waals surface area contributed by atoms with Crippen molar-refractivity contribution in [2.24, 2.45) is 0 Å². The number of carbonyl (C=O) groups is 1. The highest BCUT2D eigenvalue weighted by atomic mass is 16.5. The lowest BCUT2D eigenvalue weighted by Crippen LogP contribution is -2.23. The number of carbonyl (C=O) groups excluding carboxylic acids is 1. The number of hydrogen-bond acceptors (Lipinski definition) is 3. The van der Waals surface area contributed by atoms with Crippen LogP contribution >= 0.6 is 0 Å². The van der Waals surface area contributed by atoms with Gasteiger partial charge in [-0.1, -0.05) is 6.07 Å². The second-order valence-electron chi connectivity index (χ2n) is 6.26. The normalized spacial score (nSPS) is 13.7. The maximum absolute atomic E-state index is 12.5. The van der Waals surface area contributed by atoms with Crippen molar-refractivity contribution in [3.05, 3.63) is 46.8 Å². The van der Waals surface area contributed by atoms with E-state index < -0.39 is 0 Å². The second kappa shape index (κ2) is 6.59. The van der Waals surface area contributed by atoms with Gasteiger partial charge in [-0.3, -0.25) is 4.79 Å². The summed E-state index contributed by atoms with van der Waals surface area (Å²) in [6, 6.07) is 8.22. The third-order valence-corrected chi connectivity index (χ3v) is 4.54. The molecule has 1 aliphatic rings. The highest BCUT2D eigenvalue weighted by molar-refractivity contribution is 5.95. The van der Waals surface area contributed by atoms with Crippen LogP contribution in [0.3, 0.4) is 0 Å². The SMILES string of the molecule is COc1ccc(CNC(=O)c2cc(C)n(C3CC3)c2C)cc1OC. The number of methoxy groups -OCH3 is 2. The molecule has 1 N–H and O–H groups in total. The van der Waals surface area contributed by atoms with Crippen molar-refractivity contribution in [2.45, 2.75) is 39.3 Å². The van der Waals surface area contributed by atoms with Crippen molar-refractivity contribution < 1.29 is 14.3 Å². The van der Waals surface area contributed by atoms with Gasteiger partial charge in [-0.05, 0) is 50.5 Å². The lowest BCUT2D eigenvalue weighted by atomic mass is 10.2. The monoisotopic (exact) mass is 328 g/mol. The van der Waals surface area contributed by atoms with Gasteiger partial charge in [0.05, 0.1) is 19.8 Å². The van der Waals surface area contributed by atoms with Crippen LogP contribution in [0.5, 0.6) is 11.5 Å². The summed E-state index contributed by atoms with van der Waals surface area (Å²) < 4.78 is 12.8. The van der Waals surface area contributed by atoms with Crippen LogP contribution in [0.2, 0.25) is 0 Å². The Bertz CT molecular complexity index is 760. The third-order valence-electron chi connectivity index (χ3n) is 4.54. The molecule has 1 aliphatic carbocycles. The van der Waals surface area contributed by atoms with Gasteiger partial charge < -0.3 is 19.4 Å². The fourth-order valence-corrected chi connectivity index (χ4v) is 3.17. The van der Waals surface area contributed by atoms with E-state index in [4.69, 9.17) is 9.47 Å². The van der Waals surface area contributed by atoms with Gasteiger partial charge in [0.25, 0.3) is 5.91 Å². The fraction of sp³-hybridized carbons (Fsp3) is 0.421. The molecule has 3 rings (SSSR count). The van der Waals surface area contributed by atoms with Crippen molar-refractivity contribution in [3.8, 4) is 11.5 Å². The van der Waals surface area contributed by atoms with Crippen molar-refractivity contribution in [1.82, 2.24) is 9.88 Å². The van der Waals surface area contributed by atoms with Gasteiger partial charge in [0.2, 0.25) is 0 Å². The number of nitrogens with zero attached hydrogens (tertiary/aromatic N) is 1. The lowest BCUT2D eigenvalue weighted by Gasteiger charge is -2.11. The number of hydrogen-bond donors (Lipinski definition) is 1. The molecule has 24 heavy (non-hydrogen) atoms. The lowest BCUT2D eigenvalue weighted by molar-refractivity contribution is 0.0950. The van der Waals surface area contributed by atoms with E-state index in [0.29, 0.717) is 24.1 Å². The molecule has 0 saturated heterocycles. The highest BCUT2D eigenvalue weighted by Gasteiger charge is 2.28. The molecule has 1 aromatic heterocycles. The van der Waals surface area contributed by atoms with Gasteiger partial charge >= 0.3 is 0 Å². The number of nitrogens with one attached hydrogen (secondary N) is 1. The minimum atomic E-state index is -0.0372. The van der Waals surface area contributed by atoms with Crippen molar-refractivity contribution >= 4 is 5.91 Å². The first-order valence-corrected chi connectivity index (χ1v) is 8.22. The molecule has 0 aliphatic heterocycles. The Balaban J connectivity index is 1.71. The molecule has 0 radical (unpaired) electrons. The Morgan fingerprint density at radius 3 is 2.50 bits per heavy atom. The number of benzene rings is 1. The van der Waals surface area contributed by atoms with Crippen LogP contribution in [-0.4, -0.2) is 24.7 Å². The van der Waals surface area contributed by atoms with Crippen LogP contribution < -0.4 is 14.8 Å². The second-order valence-corrected chi connectivity index (χ2v) is 6.26. The summed E-state index contributed by atoms with van der Waals surface area (Å²) >= 11 is 0. The Morgan fingerprint density at radius 2 is 1.88 bits per heavy atom. The van der Waals surface area contributed by atoms with Crippen LogP contribution in [0, 0.1) is 13.8 Å². The van der Waals surface area contributed by atoms with E-state index in [1.807, 2.05) is 31.2 Å². The Labute approximate surface area is 142 Å². The number of aromatic nitrogens is 1. The zero-order chi connectivity index (χ0) is 17.3. The van der Waals surface area contributed by atoms with E-state index in [1.54, 1.807) is 14.2 Å². The van der Waals surface area contributed by atoms with E-state index in [1.165, 1.54) is 12.8 Å². The topological polar surface area (TPSA) is 52.5 Å². The number of aryl methyl sites for hydroxylation is 1. The molecule has 1 aromatic carbocycles. The molecular weight excluding hydrogens is 304 g/mol. The minimum Gasteiger partial charge on any atom is -0.493 e. The Kier molecular flexibility index (Phi) is 4.51. The molecule has 0 unspecified atom stereocenters. The number of rotatable bonds is 6. The van der Waals surface area contributed by atoms with Gasteiger partial charge in [0.1, 0.15) is 0 Å². The van der Waals surface area contributed by atoms with Crippen LogP contribution in [-0.2, 0) is 6.54 Å². The van der Waals surface area contributed by atoms with Gasteiger partial charge in [-0.25, -0.2) is 0 Å². The van der Waals surface area contributed by atoms with Crippen LogP contribution in [0.15, 0.2) is 24.3 Å². The third kappa shape index (κ3) is 3.11. The van der Waals surface area contributed by atoms with Crippen LogP contribution in [0.1, 0.15) is 46.2 Å². The van der Waals surface area contributed by atoms with Gasteiger partial charge in [0, 0.05) is 24.0 Å². The first kappa shape index (κ1) is 16.4. The predicted octanol–water partition coefficient (Wildman–Crippen LogP) is 3.39. The molecule has 0 atom stereocenters.